The van der Waals surface area contributed by atoms with Gasteiger partial charge in [-0.05, 0) is 93.5 Å². The summed E-state index contributed by atoms with van der Waals surface area (Å²) in [6.45, 7) is 6.33. The summed E-state index contributed by atoms with van der Waals surface area (Å²) >= 11 is 0. The summed E-state index contributed by atoms with van der Waals surface area (Å²) < 4.78 is 0. The van der Waals surface area contributed by atoms with Gasteiger partial charge < -0.3 is 20.8 Å². The molecule has 0 aromatic heterocycles. The van der Waals surface area contributed by atoms with E-state index in [1.54, 1.807) is 12.1 Å². The Labute approximate surface area is 199 Å². The Morgan fingerprint density at radius 2 is 1.10 bits per heavy atom. The zero-order valence-corrected chi connectivity index (χ0v) is 20.7. The van der Waals surface area contributed by atoms with Gasteiger partial charge in [0.05, 0.1) is 0 Å². The van der Waals surface area contributed by atoms with Crippen LogP contribution in [0.4, 0.5) is 0 Å². The number of phenols is 2. The Bertz CT molecular complexity index is 707. The Balaban J connectivity index is 0.00000480. The third kappa shape index (κ3) is 12.2. The van der Waals surface area contributed by atoms with E-state index in [0.29, 0.717) is 0 Å². The van der Waals surface area contributed by atoms with E-state index >= 15 is 0 Å². The highest BCUT2D eigenvalue weighted by Crippen LogP contribution is 2.24. The Hall–Kier alpha value is -1.56. The highest BCUT2D eigenvalue weighted by molar-refractivity contribution is 8.93. The lowest BCUT2D eigenvalue weighted by Gasteiger charge is -2.07. The van der Waals surface area contributed by atoms with Crippen LogP contribution >= 0.6 is 17.0 Å². The van der Waals surface area contributed by atoms with Crippen molar-refractivity contribution in [3.05, 3.63) is 59.2 Å². The molecule has 4 N–H and O–H groups in total. The second-order valence-electron chi connectivity index (χ2n) is 8.16. The molecular formula is C26H41BrN2O2. The van der Waals surface area contributed by atoms with Crippen LogP contribution < -0.4 is 10.6 Å². The Morgan fingerprint density at radius 3 is 1.65 bits per heavy atom. The van der Waals surface area contributed by atoms with Gasteiger partial charge >= 0.3 is 0 Å². The first kappa shape index (κ1) is 27.5. The summed E-state index contributed by atoms with van der Waals surface area (Å²) in [5.74, 6) is -0.0981. The van der Waals surface area contributed by atoms with Crippen LogP contribution in [-0.2, 0) is 19.3 Å². The normalized spacial score (nSPS) is 10.7. The molecule has 0 heterocycles. The molecule has 31 heavy (non-hydrogen) atoms. The molecule has 0 saturated carbocycles. The molecule has 0 atom stereocenters. The van der Waals surface area contributed by atoms with Crippen molar-refractivity contribution in [2.24, 2.45) is 0 Å². The van der Waals surface area contributed by atoms with E-state index in [4.69, 9.17) is 0 Å². The summed E-state index contributed by atoms with van der Waals surface area (Å²) in [5, 5.41) is 25.8. The number of nitrogens with one attached hydrogen (secondary N) is 2. The van der Waals surface area contributed by atoms with Gasteiger partial charge in [-0.2, -0.15) is 0 Å². The lowest BCUT2D eigenvalue weighted by atomic mass is 10.0. The summed E-state index contributed by atoms with van der Waals surface area (Å²) in [7, 11) is 0. The smallest absolute Gasteiger partial charge is 0.157 e. The van der Waals surface area contributed by atoms with Gasteiger partial charge in [0.25, 0.3) is 0 Å². The van der Waals surface area contributed by atoms with Crippen molar-refractivity contribution in [3.8, 4) is 11.5 Å². The predicted molar refractivity (Wildman–Crippen MR) is 137 cm³/mol. The van der Waals surface area contributed by atoms with Crippen molar-refractivity contribution in [1.82, 2.24) is 10.6 Å². The quantitative estimate of drug-likeness (QED) is 0.183. The molecule has 0 unspecified atom stereocenters. The van der Waals surface area contributed by atoms with E-state index in [2.05, 4.69) is 41.8 Å². The van der Waals surface area contributed by atoms with Crippen molar-refractivity contribution >= 4 is 17.0 Å². The van der Waals surface area contributed by atoms with Gasteiger partial charge in [-0.1, -0.05) is 56.5 Å². The number of aromatic hydroxyl groups is 2. The molecule has 0 radical (unpaired) electrons. The summed E-state index contributed by atoms with van der Waals surface area (Å²) in [6.07, 6.45) is 10.7. The number of halogens is 1. The highest BCUT2D eigenvalue weighted by atomic mass is 79.9. The minimum atomic E-state index is -0.0577. The zero-order chi connectivity index (χ0) is 21.4. The van der Waals surface area contributed by atoms with Crippen LogP contribution in [0.1, 0.15) is 62.1 Å². The third-order valence-electron chi connectivity index (χ3n) is 5.52. The second-order valence-corrected chi connectivity index (χ2v) is 8.16. The molecule has 0 bridgehead atoms. The first-order valence-corrected chi connectivity index (χ1v) is 11.7. The van der Waals surface area contributed by atoms with Crippen LogP contribution in [0.3, 0.4) is 0 Å². The van der Waals surface area contributed by atoms with Gasteiger partial charge in [-0.25, -0.2) is 0 Å². The summed E-state index contributed by atoms with van der Waals surface area (Å²) in [5.41, 5.74) is 3.93. The van der Waals surface area contributed by atoms with Gasteiger partial charge in [-0.3, -0.25) is 0 Å². The van der Waals surface area contributed by atoms with Crippen molar-refractivity contribution in [2.75, 3.05) is 26.2 Å². The van der Waals surface area contributed by atoms with E-state index in [-0.39, 0.29) is 28.5 Å². The minimum absolute atomic E-state index is 0. The van der Waals surface area contributed by atoms with E-state index in [0.717, 1.165) is 44.6 Å². The third-order valence-corrected chi connectivity index (χ3v) is 5.52. The monoisotopic (exact) mass is 492 g/mol. The molecule has 2 aromatic carbocycles. The topological polar surface area (TPSA) is 64.5 Å². The van der Waals surface area contributed by atoms with Crippen LogP contribution in [0.25, 0.3) is 0 Å². The molecule has 0 amide bonds. The van der Waals surface area contributed by atoms with Gasteiger partial charge in [-0.15, -0.1) is 17.0 Å². The molecule has 0 aliphatic rings. The predicted octanol–water partition coefficient (Wildman–Crippen LogP) is 5.54. The number of hydrogen-bond acceptors (Lipinski definition) is 4. The molecular weight excluding hydrogens is 452 g/mol. The number of rotatable bonds is 16. The number of phenolic OH excluding ortho intramolecular Hbond substituents is 2. The zero-order valence-electron chi connectivity index (χ0n) is 19.0. The van der Waals surface area contributed by atoms with Crippen molar-refractivity contribution in [2.45, 2.75) is 64.7 Å². The van der Waals surface area contributed by atoms with E-state index < -0.39 is 0 Å². The van der Waals surface area contributed by atoms with E-state index in [1.807, 2.05) is 6.07 Å². The maximum absolute atomic E-state index is 9.50. The Kier molecular flexibility index (Phi) is 15.1. The Morgan fingerprint density at radius 1 is 0.581 bits per heavy atom. The fraction of sp³-hybridized carbons (Fsp3) is 0.538. The highest BCUT2D eigenvalue weighted by Gasteiger charge is 2.00. The van der Waals surface area contributed by atoms with Gasteiger partial charge in [0, 0.05) is 0 Å². The molecule has 0 saturated heterocycles. The molecule has 4 nitrogen and oxygen atoms in total. The molecule has 2 aromatic rings. The van der Waals surface area contributed by atoms with Crippen LogP contribution in [0, 0.1) is 0 Å². The lowest BCUT2D eigenvalue weighted by molar-refractivity contribution is 0.403. The largest absolute Gasteiger partial charge is 0.504 e. The first-order chi connectivity index (χ1) is 14.7. The number of benzene rings is 2. The average Bonchev–Trinajstić information content (AvgIpc) is 2.76. The van der Waals surface area contributed by atoms with Crippen molar-refractivity contribution < 1.29 is 10.2 Å². The average molecular weight is 494 g/mol. The maximum Gasteiger partial charge on any atom is 0.157 e. The summed E-state index contributed by atoms with van der Waals surface area (Å²) in [4.78, 5) is 0. The SMILES string of the molecule is Br.CCCCc1ccc(CCNCCCCCCNCCc2ccc(O)c(O)c2)cc1. The first-order valence-electron chi connectivity index (χ1n) is 11.7. The molecule has 0 aliphatic heterocycles. The summed E-state index contributed by atoms with van der Waals surface area (Å²) in [6, 6.07) is 14.2. The molecule has 0 spiro atoms. The van der Waals surface area contributed by atoms with Gasteiger partial charge in [0.1, 0.15) is 0 Å². The molecule has 0 fully saturated rings. The van der Waals surface area contributed by atoms with Crippen molar-refractivity contribution in [1.29, 1.82) is 0 Å². The fourth-order valence-corrected chi connectivity index (χ4v) is 3.55. The van der Waals surface area contributed by atoms with Crippen LogP contribution in [0.5, 0.6) is 11.5 Å². The number of unbranched alkanes of at least 4 members (excludes halogenated alkanes) is 4. The maximum atomic E-state index is 9.50. The molecule has 2 rings (SSSR count). The van der Waals surface area contributed by atoms with Crippen LogP contribution in [-0.4, -0.2) is 36.4 Å². The molecule has 174 valence electrons. The number of hydrogen-bond donors (Lipinski definition) is 4. The fourth-order valence-electron chi connectivity index (χ4n) is 3.55. The number of aryl methyl sites for hydroxylation is 1. The second kappa shape index (κ2) is 17.0. The van der Waals surface area contributed by atoms with E-state index in [9.17, 15) is 10.2 Å². The van der Waals surface area contributed by atoms with Crippen molar-refractivity contribution in [3.63, 3.8) is 0 Å². The molecule has 5 heteroatoms. The minimum Gasteiger partial charge on any atom is -0.504 e. The van der Waals surface area contributed by atoms with E-state index in [1.165, 1.54) is 56.1 Å². The lowest BCUT2D eigenvalue weighted by Crippen LogP contribution is -2.19. The van der Waals surface area contributed by atoms with Gasteiger partial charge in [0.2, 0.25) is 0 Å². The molecule has 0 aliphatic carbocycles. The van der Waals surface area contributed by atoms with Crippen LogP contribution in [0.15, 0.2) is 42.5 Å². The standard InChI is InChI=1S/C26H40N2O2.BrH/c1-2-3-8-22-9-11-23(12-10-22)15-19-27-17-6-4-5-7-18-28-20-16-24-13-14-25(29)26(30)21-24;/h9-14,21,27-30H,2-8,15-20H2,1H3;1H. The van der Waals surface area contributed by atoms with Gasteiger partial charge in [0.15, 0.2) is 11.5 Å². The van der Waals surface area contributed by atoms with Crippen LogP contribution in [0.2, 0.25) is 0 Å².